The van der Waals surface area contributed by atoms with E-state index in [-0.39, 0.29) is 11.9 Å². The maximum atomic E-state index is 13.2. The van der Waals surface area contributed by atoms with Gasteiger partial charge in [-0.1, -0.05) is 19.9 Å². The smallest absolute Gasteiger partial charge is 0.137 e. The minimum absolute atomic E-state index is 0.0717. The molecule has 1 aromatic carbocycles. The summed E-state index contributed by atoms with van der Waals surface area (Å²) in [7, 11) is 0. The number of halogens is 2. The summed E-state index contributed by atoms with van der Waals surface area (Å²) in [6.45, 7) is 4.21. The second kappa shape index (κ2) is 4.89. The Hall–Kier alpha value is -0.410. The van der Waals surface area contributed by atoms with Crippen molar-refractivity contribution in [2.45, 2.75) is 26.3 Å². The van der Waals surface area contributed by atoms with Gasteiger partial charge in [-0.05, 0) is 46.0 Å². The van der Waals surface area contributed by atoms with Crippen LogP contribution in [0.2, 0.25) is 0 Å². The summed E-state index contributed by atoms with van der Waals surface area (Å²) in [6.07, 6.45) is 0.876. The van der Waals surface area contributed by atoms with Crippen molar-refractivity contribution in [3.63, 3.8) is 0 Å². The van der Waals surface area contributed by atoms with E-state index in [1.807, 2.05) is 6.07 Å². The third-order valence-electron chi connectivity index (χ3n) is 2.10. The minimum Gasteiger partial charge on any atom is -0.324 e. The van der Waals surface area contributed by atoms with E-state index < -0.39 is 0 Å². The van der Waals surface area contributed by atoms with Crippen molar-refractivity contribution in [2.24, 2.45) is 11.7 Å². The Labute approximate surface area is 92.6 Å². The standard InChI is InChI=1S/C11H15BrFN/c1-7(2)5-11(14)8-3-4-9(12)10(13)6-8/h3-4,6-7,11H,5,14H2,1-2H3. The summed E-state index contributed by atoms with van der Waals surface area (Å²) in [5, 5.41) is 0. The van der Waals surface area contributed by atoms with Gasteiger partial charge in [0.2, 0.25) is 0 Å². The molecule has 0 bridgehead atoms. The van der Waals surface area contributed by atoms with Gasteiger partial charge in [0.05, 0.1) is 4.47 Å². The Morgan fingerprint density at radius 1 is 1.43 bits per heavy atom. The van der Waals surface area contributed by atoms with Gasteiger partial charge in [-0.3, -0.25) is 0 Å². The fraction of sp³-hybridized carbons (Fsp3) is 0.455. The molecule has 0 fully saturated rings. The van der Waals surface area contributed by atoms with Crippen molar-refractivity contribution in [3.8, 4) is 0 Å². The molecule has 0 heterocycles. The van der Waals surface area contributed by atoms with Crippen LogP contribution < -0.4 is 5.73 Å². The number of hydrogen-bond donors (Lipinski definition) is 1. The Bertz CT molecular complexity index is 312. The Balaban J connectivity index is 2.80. The molecule has 14 heavy (non-hydrogen) atoms. The maximum absolute atomic E-state index is 13.2. The molecule has 3 heteroatoms. The van der Waals surface area contributed by atoms with Crippen molar-refractivity contribution in [1.29, 1.82) is 0 Å². The molecule has 0 aliphatic heterocycles. The Morgan fingerprint density at radius 3 is 2.57 bits per heavy atom. The monoisotopic (exact) mass is 259 g/mol. The van der Waals surface area contributed by atoms with Crippen LogP contribution >= 0.6 is 15.9 Å². The van der Waals surface area contributed by atoms with E-state index >= 15 is 0 Å². The molecule has 1 atom stereocenters. The van der Waals surface area contributed by atoms with Gasteiger partial charge in [0.25, 0.3) is 0 Å². The first-order valence-corrected chi connectivity index (χ1v) is 5.50. The van der Waals surface area contributed by atoms with E-state index in [9.17, 15) is 4.39 Å². The topological polar surface area (TPSA) is 26.0 Å². The van der Waals surface area contributed by atoms with Crippen LogP contribution in [0, 0.1) is 11.7 Å². The zero-order chi connectivity index (χ0) is 10.7. The van der Waals surface area contributed by atoms with Crippen LogP contribution in [-0.2, 0) is 0 Å². The first kappa shape index (κ1) is 11.7. The lowest BCUT2D eigenvalue weighted by Gasteiger charge is -2.14. The molecule has 0 spiro atoms. The molecule has 0 amide bonds. The van der Waals surface area contributed by atoms with Crippen molar-refractivity contribution in [3.05, 3.63) is 34.1 Å². The first-order valence-electron chi connectivity index (χ1n) is 4.71. The molecule has 0 aliphatic rings. The van der Waals surface area contributed by atoms with Gasteiger partial charge in [-0.15, -0.1) is 0 Å². The van der Waals surface area contributed by atoms with Gasteiger partial charge in [-0.25, -0.2) is 4.39 Å². The highest BCUT2D eigenvalue weighted by atomic mass is 79.9. The van der Waals surface area contributed by atoms with Crippen LogP contribution in [0.1, 0.15) is 31.9 Å². The number of nitrogens with two attached hydrogens (primary N) is 1. The minimum atomic E-state index is -0.248. The van der Waals surface area contributed by atoms with Gasteiger partial charge in [0.1, 0.15) is 5.82 Å². The van der Waals surface area contributed by atoms with Crippen LogP contribution in [0.3, 0.4) is 0 Å². The third-order valence-corrected chi connectivity index (χ3v) is 2.74. The average molecular weight is 260 g/mol. The van der Waals surface area contributed by atoms with Crippen LogP contribution in [0.15, 0.2) is 22.7 Å². The summed E-state index contributed by atoms with van der Waals surface area (Å²) in [6, 6.07) is 4.99. The fourth-order valence-electron chi connectivity index (χ4n) is 1.39. The lowest BCUT2D eigenvalue weighted by Crippen LogP contribution is -2.13. The normalized spacial score (nSPS) is 13.3. The lowest BCUT2D eigenvalue weighted by atomic mass is 9.98. The van der Waals surface area contributed by atoms with Gasteiger partial charge in [-0.2, -0.15) is 0 Å². The van der Waals surface area contributed by atoms with Crippen LogP contribution in [-0.4, -0.2) is 0 Å². The summed E-state index contributed by atoms with van der Waals surface area (Å²) >= 11 is 3.11. The molecule has 0 aromatic heterocycles. The van der Waals surface area contributed by atoms with Gasteiger partial charge in [0.15, 0.2) is 0 Å². The molecule has 1 nitrogen and oxygen atoms in total. The van der Waals surface area contributed by atoms with Gasteiger partial charge >= 0.3 is 0 Å². The highest BCUT2D eigenvalue weighted by molar-refractivity contribution is 9.10. The number of hydrogen-bond acceptors (Lipinski definition) is 1. The quantitative estimate of drug-likeness (QED) is 0.882. The van der Waals surface area contributed by atoms with Crippen LogP contribution in [0.25, 0.3) is 0 Å². The molecule has 2 N–H and O–H groups in total. The summed E-state index contributed by atoms with van der Waals surface area (Å²) in [4.78, 5) is 0. The Kier molecular flexibility index (Phi) is 4.08. The largest absolute Gasteiger partial charge is 0.324 e. The zero-order valence-corrected chi connectivity index (χ0v) is 10.0. The molecular weight excluding hydrogens is 245 g/mol. The highest BCUT2D eigenvalue weighted by Gasteiger charge is 2.10. The second-order valence-electron chi connectivity index (χ2n) is 3.91. The SMILES string of the molecule is CC(C)CC(N)c1ccc(Br)c(F)c1. The van der Waals surface area contributed by atoms with E-state index in [0.29, 0.717) is 10.4 Å². The highest BCUT2D eigenvalue weighted by Crippen LogP contribution is 2.23. The van der Waals surface area contributed by atoms with Crippen LogP contribution in [0.4, 0.5) is 4.39 Å². The molecule has 1 rings (SSSR count). The zero-order valence-electron chi connectivity index (χ0n) is 8.43. The molecule has 0 saturated carbocycles. The molecular formula is C11H15BrFN. The second-order valence-corrected chi connectivity index (χ2v) is 4.76. The molecule has 0 saturated heterocycles. The Morgan fingerprint density at radius 2 is 2.07 bits per heavy atom. The van der Waals surface area contributed by atoms with Crippen LogP contribution in [0.5, 0.6) is 0 Å². The average Bonchev–Trinajstić information content (AvgIpc) is 2.08. The number of benzene rings is 1. The van der Waals surface area contributed by atoms with Crippen molar-refractivity contribution >= 4 is 15.9 Å². The number of rotatable bonds is 3. The predicted octanol–water partition coefficient (Wildman–Crippen LogP) is 3.63. The van der Waals surface area contributed by atoms with Gasteiger partial charge < -0.3 is 5.73 Å². The predicted molar refractivity (Wildman–Crippen MR) is 60.5 cm³/mol. The lowest BCUT2D eigenvalue weighted by molar-refractivity contribution is 0.507. The van der Waals surface area contributed by atoms with Crippen molar-refractivity contribution < 1.29 is 4.39 Å². The molecule has 78 valence electrons. The third kappa shape index (κ3) is 3.07. The van der Waals surface area contributed by atoms with E-state index in [2.05, 4.69) is 29.8 Å². The first-order chi connectivity index (χ1) is 6.50. The molecule has 0 radical (unpaired) electrons. The summed E-state index contributed by atoms with van der Waals surface area (Å²) in [5.41, 5.74) is 6.79. The summed E-state index contributed by atoms with van der Waals surface area (Å²) in [5.74, 6) is 0.276. The van der Waals surface area contributed by atoms with E-state index in [1.165, 1.54) is 6.07 Å². The van der Waals surface area contributed by atoms with E-state index in [0.717, 1.165) is 12.0 Å². The van der Waals surface area contributed by atoms with E-state index in [1.54, 1.807) is 6.07 Å². The molecule has 1 unspecified atom stereocenters. The van der Waals surface area contributed by atoms with Crippen molar-refractivity contribution in [1.82, 2.24) is 0 Å². The summed E-state index contributed by atoms with van der Waals surface area (Å²) < 4.78 is 13.7. The van der Waals surface area contributed by atoms with Crippen molar-refractivity contribution in [2.75, 3.05) is 0 Å². The van der Waals surface area contributed by atoms with Gasteiger partial charge in [0, 0.05) is 6.04 Å². The molecule has 1 aromatic rings. The fourth-order valence-corrected chi connectivity index (χ4v) is 1.63. The van der Waals surface area contributed by atoms with E-state index in [4.69, 9.17) is 5.73 Å². The maximum Gasteiger partial charge on any atom is 0.137 e. The molecule has 0 aliphatic carbocycles.